The molecule has 1 saturated heterocycles. The van der Waals surface area contributed by atoms with E-state index in [1.54, 1.807) is 19.9 Å². The van der Waals surface area contributed by atoms with Crippen molar-refractivity contribution in [2.75, 3.05) is 7.11 Å². The van der Waals surface area contributed by atoms with Crippen LogP contribution in [-0.4, -0.2) is 31.3 Å². The molecular formula is C9H12O5. The molecule has 1 fully saturated rings. The van der Waals surface area contributed by atoms with Crippen molar-refractivity contribution in [3.05, 3.63) is 11.8 Å². The van der Waals surface area contributed by atoms with Crippen LogP contribution in [0.25, 0.3) is 0 Å². The van der Waals surface area contributed by atoms with Crippen LogP contribution in [0.5, 0.6) is 0 Å². The number of carbonyl (C=O) groups is 1. The van der Waals surface area contributed by atoms with E-state index in [4.69, 9.17) is 14.2 Å². The van der Waals surface area contributed by atoms with Gasteiger partial charge >= 0.3 is 5.97 Å². The summed E-state index contributed by atoms with van der Waals surface area (Å²) in [5.74, 6) is -1.02. The van der Waals surface area contributed by atoms with Crippen LogP contribution in [0, 0.1) is 0 Å². The van der Waals surface area contributed by atoms with E-state index in [0.29, 0.717) is 0 Å². The van der Waals surface area contributed by atoms with Crippen molar-refractivity contribution in [2.24, 2.45) is 0 Å². The monoisotopic (exact) mass is 200 g/mol. The Morgan fingerprint density at radius 2 is 2.21 bits per heavy atom. The van der Waals surface area contributed by atoms with Crippen LogP contribution in [0.1, 0.15) is 13.8 Å². The highest BCUT2D eigenvalue weighted by atomic mass is 16.8. The zero-order valence-corrected chi connectivity index (χ0v) is 8.27. The summed E-state index contributed by atoms with van der Waals surface area (Å²) < 4.78 is 20.6. The van der Waals surface area contributed by atoms with Gasteiger partial charge < -0.3 is 18.9 Å². The van der Waals surface area contributed by atoms with Gasteiger partial charge in [0.2, 0.25) is 12.0 Å². The van der Waals surface area contributed by atoms with E-state index in [0.717, 1.165) is 0 Å². The van der Waals surface area contributed by atoms with Crippen molar-refractivity contribution in [1.82, 2.24) is 0 Å². The molecule has 0 unspecified atom stereocenters. The van der Waals surface area contributed by atoms with E-state index in [2.05, 4.69) is 4.74 Å². The van der Waals surface area contributed by atoms with E-state index < -0.39 is 18.0 Å². The Kier molecular flexibility index (Phi) is 2.01. The first kappa shape index (κ1) is 9.48. The maximum Gasteiger partial charge on any atom is 0.373 e. The Morgan fingerprint density at radius 3 is 2.79 bits per heavy atom. The van der Waals surface area contributed by atoms with Gasteiger partial charge in [0, 0.05) is 6.08 Å². The molecule has 5 heteroatoms. The fourth-order valence-corrected chi connectivity index (χ4v) is 1.49. The van der Waals surface area contributed by atoms with Crippen molar-refractivity contribution < 1.29 is 23.7 Å². The molecule has 0 N–H and O–H groups in total. The smallest absolute Gasteiger partial charge is 0.373 e. The average molecular weight is 200 g/mol. The van der Waals surface area contributed by atoms with Gasteiger partial charge in [-0.05, 0) is 13.8 Å². The fraction of sp³-hybridized carbons (Fsp3) is 0.667. The van der Waals surface area contributed by atoms with Gasteiger partial charge in [-0.15, -0.1) is 0 Å². The van der Waals surface area contributed by atoms with E-state index in [1.165, 1.54) is 7.11 Å². The maximum atomic E-state index is 11.1. The Balaban J connectivity index is 2.08. The molecule has 0 amide bonds. The number of hydrogen-bond donors (Lipinski definition) is 0. The molecule has 0 aromatic heterocycles. The minimum absolute atomic E-state index is 0.151. The van der Waals surface area contributed by atoms with Crippen molar-refractivity contribution in [3.63, 3.8) is 0 Å². The molecule has 0 aromatic carbocycles. The molecule has 5 nitrogen and oxygen atoms in total. The summed E-state index contributed by atoms with van der Waals surface area (Å²) in [7, 11) is 1.30. The van der Waals surface area contributed by atoms with Crippen LogP contribution in [0.4, 0.5) is 0 Å². The lowest BCUT2D eigenvalue weighted by atomic mass is 10.3. The lowest BCUT2D eigenvalue weighted by molar-refractivity contribution is -0.185. The number of carbonyl (C=O) groups excluding carboxylic acids is 1. The van der Waals surface area contributed by atoms with E-state index in [9.17, 15) is 4.79 Å². The maximum absolute atomic E-state index is 11.1. The normalized spacial score (nSPS) is 33.2. The summed E-state index contributed by atoms with van der Waals surface area (Å²) in [6.45, 7) is 3.58. The summed E-state index contributed by atoms with van der Waals surface area (Å²) in [5, 5.41) is 0. The molecule has 2 atom stereocenters. The van der Waals surface area contributed by atoms with Crippen LogP contribution in [0.3, 0.4) is 0 Å². The highest BCUT2D eigenvalue weighted by Gasteiger charge is 2.46. The van der Waals surface area contributed by atoms with Crippen molar-refractivity contribution in [3.8, 4) is 0 Å². The molecule has 2 aliphatic heterocycles. The highest BCUT2D eigenvalue weighted by molar-refractivity contribution is 5.86. The van der Waals surface area contributed by atoms with Crippen molar-refractivity contribution >= 4 is 5.97 Å². The molecule has 0 aromatic rings. The third kappa shape index (κ3) is 1.49. The van der Waals surface area contributed by atoms with Crippen molar-refractivity contribution in [2.45, 2.75) is 32.0 Å². The summed E-state index contributed by atoms with van der Waals surface area (Å²) in [6.07, 6.45) is 0.726. The molecule has 0 aliphatic carbocycles. The standard InChI is InChI=1S/C9H12O5/c1-9(2)13-6-4-5(7(10)11-3)12-8(6)14-9/h4,6,8H,1-3H3/t6-,8-/m0/s1. The molecule has 0 bridgehead atoms. The van der Waals surface area contributed by atoms with Gasteiger partial charge in [0.25, 0.3) is 0 Å². The van der Waals surface area contributed by atoms with Crippen LogP contribution in [0.15, 0.2) is 11.8 Å². The SMILES string of the molecule is COC(=O)C1=C[C@@H]2OC(C)(C)O[C@@H]2O1. The predicted octanol–water partition coefficient (Wildman–Crippen LogP) is 0.551. The average Bonchev–Trinajstić information content (AvgIpc) is 2.56. The minimum Gasteiger partial charge on any atom is -0.463 e. The number of fused-ring (bicyclic) bond motifs is 1. The topological polar surface area (TPSA) is 54.0 Å². The molecule has 0 spiro atoms. The van der Waals surface area contributed by atoms with Gasteiger partial charge in [-0.2, -0.15) is 0 Å². The first-order chi connectivity index (χ1) is 6.52. The Morgan fingerprint density at radius 1 is 1.50 bits per heavy atom. The molecule has 14 heavy (non-hydrogen) atoms. The zero-order valence-electron chi connectivity index (χ0n) is 8.27. The quantitative estimate of drug-likeness (QED) is 0.578. The van der Waals surface area contributed by atoms with Gasteiger partial charge in [0.1, 0.15) is 6.10 Å². The number of hydrogen-bond acceptors (Lipinski definition) is 5. The first-order valence-electron chi connectivity index (χ1n) is 4.34. The van der Waals surface area contributed by atoms with E-state index in [-0.39, 0.29) is 11.9 Å². The van der Waals surface area contributed by atoms with Gasteiger partial charge in [-0.1, -0.05) is 0 Å². The van der Waals surface area contributed by atoms with Crippen LogP contribution < -0.4 is 0 Å². The largest absolute Gasteiger partial charge is 0.463 e. The molecule has 2 heterocycles. The molecule has 2 aliphatic rings. The van der Waals surface area contributed by atoms with Crippen LogP contribution in [-0.2, 0) is 23.7 Å². The van der Waals surface area contributed by atoms with Crippen molar-refractivity contribution in [1.29, 1.82) is 0 Å². The second-order valence-corrected chi connectivity index (χ2v) is 3.61. The Hall–Kier alpha value is -1.07. The van der Waals surface area contributed by atoms with Gasteiger partial charge in [-0.25, -0.2) is 4.79 Å². The van der Waals surface area contributed by atoms with Crippen LogP contribution >= 0.6 is 0 Å². The third-order valence-electron chi connectivity index (χ3n) is 2.03. The third-order valence-corrected chi connectivity index (χ3v) is 2.03. The summed E-state index contributed by atoms with van der Waals surface area (Å²) in [5.41, 5.74) is 0. The lowest BCUT2D eigenvalue weighted by Gasteiger charge is -2.17. The van der Waals surface area contributed by atoms with E-state index in [1.807, 2.05) is 0 Å². The number of rotatable bonds is 1. The molecule has 0 saturated carbocycles. The number of ether oxygens (including phenoxy) is 4. The highest BCUT2D eigenvalue weighted by Crippen LogP contribution is 2.35. The van der Waals surface area contributed by atoms with Gasteiger partial charge in [0.05, 0.1) is 7.11 Å². The lowest BCUT2D eigenvalue weighted by Crippen LogP contribution is -2.23. The zero-order chi connectivity index (χ0) is 10.3. The van der Waals surface area contributed by atoms with Gasteiger partial charge in [0.15, 0.2) is 5.79 Å². The Labute approximate surface area is 81.6 Å². The fourth-order valence-electron chi connectivity index (χ4n) is 1.49. The van der Waals surface area contributed by atoms with Crippen LogP contribution in [0.2, 0.25) is 0 Å². The number of methoxy groups -OCH3 is 1. The second-order valence-electron chi connectivity index (χ2n) is 3.61. The predicted molar refractivity (Wildman–Crippen MR) is 45.0 cm³/mol. The first-order valence-corrected chi connectivity index (χ1v) is 4.34. The van der Waals surface area contributed by atoms with E-state index >= 15 is 0 Å². The Bertz CT molecular complexity index is 294. The molecule has 0 radical (unpaired) electrons. The summed E-state index contributed by atoms with van der Waals surface area (Å²) in [6, 6.07) is 0. The minimum atomic E-state index is -0.659. The molecular weight excluding hydrogens is 188 g/mol. The molecule has 2 rings (SSSR count). The molecule has 78 valence electrons. The summed E-state index contributed by atoms with van der Waals surface area (Å²) in [4.78, 5) is 11.1. The summed E-state index contributed by atoms with van der Waals surface area (Å²) >= 11 is 0. The second kappa shape index (κ2) is 2.96. The number of esters is 1. The van der Waals surface area contributed by atoms with Gasteiger partial charge in [-0.3, -0.25) is 0 Å².